The molecule has 0 aliphatic carbocycles. The monoisotopic (exact) mass is 265 g/mol. The highest BCUT2D eigenvalue weighted by atomic mass is 35.5. The van der Waals surface area contributed by atoms with Gasteiger partial charge in [-0.15, -0.1) is 0 Å². The van der Waals surface area contributed by atoms with Crippen molar-refractivity contribution in [1.82, 2.24) is 5.32 Å². The Bertz CT molecular complexity index is 363. The van der Waals surface area contributed by atoms with Gasteiger partial charge in [0.2, 0.25) is 0 Å². The first-order chi connectivity index (χ1) is 8.04. The van der Waals surface area contributed by atoms with Gasteiger partial charge in [-0.25, -0.2) is 8.78 Å². The number of alkyl halides is 2. The smallest absolute Gasteiger partial charge is 0.265 e. The van der Waals surface area contributed by atoms with Crippen molar-refractivity contribution >= 4 is 11.6 Å². The lowest BCUT2D eigenvalue weighted by atomic mass is 10.2. The van der Waals surface area contributed by atoms with E-state index in [1.165, 1.54) is 7.11 Å². The van der Waals surface area contributed by atoms with Crippen LogP contribution in [0, 0.1) is 0 Å². The molecule has 3 nitrogen and oxygen atoms in total. The zero-order chi connectivity index (χ0) is 12.8. The van der Waals surface area contributed by atoms with Crippen LogP contribution in [0.3, 0.4) is 0 Å². The van der Waals surface area contributed by atoms with Crippen LogP contribution < -0.4 is 10.1 Å². The standard InChI is InChI=1S/C11H14ClF2NO2/c1-17-10-3-2-7(4-8(10)12)5-15-6-9(16)11(13)14/h2-4,9,11,15-16H,5-6H2,1H3. The third kappa shape index (κ3) is 4.46. The van der Waals surface area contributed by atoms with Crippen molar-refractivity contribution in [2.24, 2.45) is 0 Å². The SMILES string of the molecule is COc1ccc(CNCC(O)C(F)F)cc1Cl. The third-order valence-corrected chi connectivity index (χ3v) is 2.49. The molecule has 0 aliphatic rings. The van der Waals surface area contributed by atoms with Crippen LogP contribution >= 0.6 is 11.6 Å². The van der Waals surface area contributed by atoms with Crippen LogP contribution in [-0.4, -0.2) is 31.3 Å². The summed E-state index contributed by atoms with van der Waals surface area (Å²) in [6.07, 6.45) is -4.38. The molecule has 0 aliphatic heterocycles. The lowest BCUT2D eigenvalue weighted by Gasteiger charge is -2.11. The Hall–Kier alpha value is -0.910. The molecule has 0 amide bonds. The lowest BCUT2D eigenvalue weighted by Crippen LogP contribution is -2.31. The minimum Gasteiger partial charge on any atom is -0.495 e. The second-order valence-electron chi connectivity index (χ2n) is 3.50. The highest BCUT2D eigenvalue weighted by Gasteiger charge is 2.15. The fraction of sp³-hybridized carbons (Fsp3) is 0.455. The molecule has 1 rings (SSSR count). The molecule has 0 aromatic heterocycles. The second kappa shape index (κ2) is 6.74. The molecule has 0 spiro atoms. The maximum absolute atomic E-state index is 12.0. The molecule has 1 aromatic rings. The van der Waals surface area contributed by atoms with E-state index >= 15 is 0 Å². The van der Waals surface area contributed by atoms with Gasteiger partial charge in [0.1, 0.15) is 11.9 Å². The Balaban J connectivity index is 2.45. The van der Waals surface area contributed by atoms with Crippen LogP contribution in [0.15, 0.2) is 18.2 Å². The lowest BCUT2D eigenvalue weighted by molar-refractivity contribution is -0.00340. The molecule has 96 valence electrons. The molecule has 2 N–H and O–H groups in total. The van der Waals surface area contributed by atoms with Gasteiger partial charge in [-0.2, -0.15) is 0 Å². The summed E-state index contributed by atoms with van der Waals surface area (Å²) < 4.78 is 29.0. The molecule has 0 fully saturated rings. The van der Waals surface area contributed by atoms with E-state index in [0.717, 1.165) is 5.56 Å². The van der Waals surface area contributed by atoms with Crippen molar-refractivity contribution in [2.75, 3.05) is 13.7 Å². The van der Waals surface area contributed by atoms with Gasteiger partial charge in [0, 0.05) is 13.1 Å². The summed E-state index contributed by atoms with van der Waals surface area (Å²) in [5.74, 6) is 0.558. The van der Waals surface area contributed by atoms with Crippen LogP contribution in [0.5, 0.6) is 5.75 Å². The molecule has 0 saturated heterocycles. The maximum Gasteiger partial charge on any atom is 0.265 e. The highest BCUT2D eigenvalue weighted by Crippen LogP contribution is 2.24. The van der Waals surface area contributed by atoms with Crippen LogP contribution in [0.25, 0.3) is 0 Å². The summed E-state index contributed by atoms with van der Waals surface area (Å²) in [5, 5.41) is 12.1. The van der Waals surface area contributed by atoms with Crippen molar-refractivity contribution < 1.29 is 18.6 Å². The number of hydrogen-bond donors (Lipinski definition) is 2. The average Bonchev–Trinajstić information content (AvgIpc) is 2.29. The fourth-order valence-corrected chi connectivity index (χ4v) is 1.55. The van der Waals surface area contributed by atoms with E-state index in [-0.39, 0.29) is 6.54 Å². The number of ether oxygens (including phenoxy) is 1. The Morgan fingerprint density at radius 2 is 2.18 bits per heavy atom. The zero-order valence-corrected chi connectivity index (χ0v) is 10.0. The number of nitrogens with one attached hydrogen (secondary N) is 1. The minimum absolute atomic E-state index is 0.165. The molecule has 1 aromatic carbocycles. The molecule has 1 atom stereocenters. The number of methoxy groups -OCH3 is 1. The van der Waals surface area contributed by atoms with Gasteiger partial charge in [-0.3, -0.25) is 0 Å². The first-order valence-electron chi connectivity index (χ1n) is 5.04. The van der Waals surface area contributed by atoms with Gasteiger partial charge in [0.25, 0.3) is 6.43 Å². The van der Waals surface area contributed by atoms with Gasteiger partial charge < -0.3 is 15.2 Å². The van der Waals surface area contributed by atoms with Crippen molar-refractivity contribution in [3.05, 3.63) is 28.8 Å². The van der Waals surface area contributed by atoms with E-state index in [2.05, 4.69) is 5.32 Å². The predicted octanol–water partition coefficient (Wildman–Crippen LogP) is 2.06. The molecule has 0 bridgehead atoms. The predicted molar refractivity (Wildman–Crippen MR) is 61.7 cm³/mol. The largest absolute Gasteiger partial charge is 0.495 e. The topological polar surface area (TPSA) is 41.5 Å². The van der Waals surface area contributed by atoms with Crippen LogP contribution in [0.2, 0.25) is 5.02 Å². The van der Waals surface area contributed by atoms with E-state index in [0.29, 0.717) is 17.3 Å². The van der Waals surface area contributed by atoms with Crippen LogP contribution in [0.1, 0.15) is 5.56 Å². The van der Waals surface area contributed by atoms with E-state index in [9.17, 15) is 8.78 Å². The Morgan fingerprint density at radius 1 is 1.47 bits per heavy atom. The molecule has 1 unspecified atom stereocenters. The average molecular weight is 266 g/mol. The maximum atomic E-state index is 12.0. The number of halogens is 3. The van der Waals surface area contributed by atoms with Gasteiger partial charge in [0.05, 0.1) is 12.1 Å². The van der Waals surface area contributed by atoms with Gasteiger partial charge >= 0.3 is 0 Å². The van der Waals surface area contributed by atoms with E-state index in [1.54, 1.807) is 18.2 Å². The molecular formula is C11H14ClF2NO2. The first-order valence-corrected chi connectivity index (χ1v) is 5.41. The molecule has 6 heteroatoms. The Labute approximate surface area is 103 Å². The molecule has 17 heavy (non-hydrogen) atoms. The normalized spacial score (nSPS) is 12.8. The number of rotatable bonds is 6. The van der Waals surface area contributed by atoms with Gasteiger partial charge in [-0.05, 0) is 17.7 Å². The fourth-order valence-electron chi connectivity index (χ4n) is 1.27. The highest BCUT2D eigenvalue weighted by molar-refractivity contribution is 6.32. The van der Waals surface area contributed by atoms with E-state index < -0.39 is 12.5 Å². The van der Waals surface area contributed by atoms with Crippen molar-refractivity contribution in [3.63, 3.8) is 0 Å². The summed E-state index contributed by atoms with van der Waals surface area (Å²) in [5.41, 5.74) is 0.831. The van der Waals surface area contributed by atoms with Crippen LogP contribution in [-0.2, 0) is 6.54 Å². The zero-order valence-electron chi connectivity index (χ0n) is 9.29. The Kier molecular flexibility index (Phi) is 5.61. The quantitative estimate of drug-likeness (QED) is 0.827. The summed E-state index contributed by atoms with van der Waals surface area (Å²) in [7, 11) is 1.51. The molecule has 0 heterocycles. The van der Waals surface area contributed by atoms with Gasteiger partial charge in [-0.1, -0.05) is 17.7 Å². The van der Waals surface area contributed by atoms with Gasteiger partial charge in [0.15, 0.2) is 0 Å². The summed E-state index contributed by atoms with van der Waals surface area (Å²) in [6, 6.07) is 5.15. The number of aliphatic hydroxyl groups is 1. The summed E-state index contributed by atoms with van der Waals surface area (Å²) in [6.45, 7) is 0.189. The van der Waals surface area contributed by atoms with E-state index in [4.69, 9.17) is 21.4 Å². The van der Waals surface area contributed by atoms with Crippen LogP contribution in [0.4, 0.5) is 8.78 Å². The number of benzene rings is 1. The first kappa shape index (κ1) is 14.2. The minimum atomic E-state index is -2.73. The molecular weight excluding hydrogens is 252 g/mol. The van der Waals surface area contributed by atoms with E-state index in [1.807, 2.05) is 0 Å². The Morgan fingerprint density at radius 3 is 2.71 bits per heavy atom. The molecule has 0 saturated carbocycles. The number of hydrogen-bond acceptors (Lipinski definition) is 3. The molecule has 0 radical (unpaired) electrons. The van der Waals surface area contributed by atoms with Crippen molar-refractivity contribution in [3.8, 4) is 5.75 Å². The summed E-state index contributed by atoms with van der Waals surface area (Å²) >= 11 is 5.90. The van der Waals surface area contributed by atoms with Crippen molar-refractivity contribution in [2.45, 2.75) is 19.1 Å². The summed E-state index contributed by atoms with van der Waals surface area (Å²) in [4.78, 5) is 0. The third-order valence-electron chi connectivity index (χ3n) is 2.19. The second-order valence-corrected chi connectivity index (χ2v) is 3.91. The van der Waals surface area contributed by atoms with Crippen molar-refractivity contribution in [1.29, 1.82) is 0 Å². The number of aliphatic hydroxyl groups excluding tert-OH is 1.